The third-order valence-electron chi connectivity index (χ3n) is 5.05. The first-order valence-electron chi connectivity index (χ1n) is 9.10. The molecule has 6 nitrogen and oxygen atoms in total. The molecule has 1 aliphatic carbocycles. The summed E-state index contributed by atoms with van der Waals surface area (Å²) in [6.45, 7) is 0. The van der Waals surface area contributed by atoms with Gasteiger partial charge in [0.15, 0.2) is 0 Å². The lowest BCUT2D eigenvalue weighted by Crippen LogP contribution is -2.42. The Morgan fingerprint density at radius 3 is 2.92 bits per heavy atom. The van der Waals surface area contributed by atoms with Crippen LogP contribution in [-0.2, 0) is 29.5 Å². The first kappa shape index (κ1) is 18.2. The number of carboxylic acids is 1. The SMILES string of the molecule is Cn1cc(CCC(=O)NC(CC2CCCc3ccccc32)C(=O)O)cn1. The summed E-state index contributed by atoms with van der Waals surface area (Å²) in [7, 11) is 1.83. The zero-order chi connectivity index (χ0) is 18.5. The van der Waals surface area contributed by atoms with E-state index < -0.39 is 12.0 Å². The topological polar surface area (TPSA) is 84.2 Å². The summed E-state index contributed by atoms with van der Waals surface area (Å²) in [5.74, 6) is -1.02. The number of aromatic nitrogens is 2. The number of hydrogen-bond acceptors (Lipinski definition) is 3. The van der Waals surface area contributed by atoms with E-state index in [-0.39, 0.29) is 18.2 Å². The summed E-state index contributed by atoms with van der Waals surface area (Å²) >= 11 is 0. The smallest absolute Gasteiger partial charge is 0.326 e. The van der Waals surface area contributed by atoms with Gasteiger partial charge in [-0.3, -0.25) is 9.48 Å². The van der Waals surface area contributed by atoms with Crippen LogP contribution in [0.1, 0.15) is 48.3 Å². The van der Waals surface area contributed by atoms with E-state index >= 15 is 0 Å². The number of carbonyl (C=O) groups excluding carboxylic acids is 1. The Labute approximate surface area is 153 Å². The Hall–Kier alpha value is -2.63. The number of amides is 1. The van der Waals surface area contributed by atoms with Gasteiger partial charge < -0.3 is 10.4 Å². The van der Waals surface area contributed by atoms with E-state index in [1.54, 1.807) is 10.9 Å². The molecule has 1 amide bonds. The van der Waals surface area contributed by atoms with Gasteiger partial charge in [0, 0.05) is 19.7 Å². The van der Waals surface area contributed by atoms with Gasteiger partial charge >= 0.3 is 5.97 Å². The van der Waals surface area contributed by atoms with E-state index in [0.717, 1.165) is 24.8 Å². The molecule has 0 saturated heterocycles. The van der Waals surface area contributed by atoms with E-state index in [9.17, 15) is 14.7 Å². The number of benzene rings is 1. The molecular formula is C20H25N3O3. The highest BCUT2D eigenvalue weighted by molar-refractivity contribution is 5.83. The summed E-state index contributed by atoms with van der Waals surface area (Å²) in [6, 6.07) is 7.37. The minimum absolute atomic E-state index is 0.180. The molecule has 3 rings (SSSR count). The van der Waals surface area contributed by atoms with E-state index in [2.05, 4.69) is 22.5 Å². The molecule has 0 fully saturated rings. The lowest BCUT2D eigenvalue weighted by Gasteiger charge is -2.28. The summed E-state index contributed by atoms with van der Waals surface area (Å²) in [5, 5.41) is 16.3. The molecule has 0 aliphatic heterocycles. The minimum Gasteiger partial charge on any atom is -0.480 e. The van der Waals surface area contributed by atoms with Gasteiger partial charge in [0.2, 0.25) is 5.91 Å². The predicted octanol–water partition coefficient (Wildman–Crippen LogP) is 2.43. The highest BCUT2D eigenvalue weighted by Gasteiger charge is 2.28. The second-order valence-corrected chi connectivity index (χ2v) is 7.00. The van der Waals surface area contributed by atoms with Crippen molar-refractivity contribution in [3.63, 3.8) is 0 Å². The molecule has 0 saturated carbocycles. The zero-order valence-electron chi connectivity index (χ0n) is 15.0. The molecule has 2 N–H and O–H groups in total. The van der Waals surface area contributed by atoms with Crippen molar-refractivity contribution in [1.82, 2.24) is 15.1 Å². The van der Waals surface area contributed by atoms with Crippen LogP contribution in [0.3, 0.4) is 0 Å². The maximum absolute atomic E-state index is 12.2. The van der Waals surface area contributed by atoms with Crippen LogP contribution in [0.4, 0.5) is 0 Å². The summed E-state index contributed by atoms with van der Waals surface area (Å²) in [5.41, 5.74) is 3.50. The lowest BCUT2D eigenvalue weighted by molar-refractivity contribution is -0.142. The van der Waals surface area contributed by atoms with E-state index in [0.29, 0.717) is 12.8 Å². The maximum Gasteiger partial charge on any atom is 0.326 e. The molecule has 138 valence electrons. The first-order valence-corrected chi connectivity index (χ1v) is 9.10. The molecule has 2 aromatic rings. The fraction of sp³-hybridized carbons (Fsp3) is 0.450. The summed E-state index contributed by atoms with van der Waals surface area (Å²) in [6.07, 6.45) is 7.90. The number of carboxylic acid groups (broad SMARTS) is 1. The fourth-order valence-electron chi connectivity index (χ4n) is 3.73. The molecular weight excluding hydrogens is 330 g/mol. The molecule has 2 unspecified atom stereocenters. The monoisotopic (exact) mass is 355 g/mol. The van der Waals surface area contributed by atoms with Crippen LogP contribution in [0.25, 0.3) is 0 Å². The molecule has 1 aromatic heterocycles. The van der Waals surface area contributed by atoms with E-state index in [1.165, 1.54) is 11.1 Å². The number of fused-ring (bicyclic) bond motifs is 1. The predicted molar refractivity (Wildman–Crippen MR) is 97.8 cm³/mol. The number of rotatable bonds is 7. The highest BCUT2D eigenvalue weighted by atomic mass is 16.4. The van der Waals surface area contributed by atoms with Crippen LogP contribution in [0.15, 0.2) is 36.7 Å². The summed E-state index contributed by atoms with van der Waals surface area (Å²) < 4.78 is 1.69. The third-order valence-corrected chi connectivity index (χ3v) is 5.05. The first-order chi connectivity index (χ1) is 12.5. The number of aliphatic carboxylic acids is 1. The average molecular weight is 355 g/mol. The van der Waals surface area contributed by atoms with Crippen molar-refractivity contribution in [3.8, 4) is 0 Å². The number of nitrogens with one attached hydrogen (secondary N) is 1. The van der Waals surface area contributed by atoms with Crippen molar-refractivity contribution in [1.29, 1.82) is 0 Å². The van der Waals surface area contributed by atoms with Crippen LogP contribution in [0, 0.1) is 0 Å². The third kappa shape index (κ3) is 4.50. The van der Waals surface area contributed by atoms with Gasteiger partial charge in [0.25, 0.3) is 0 Å². The molecule has 0 spiro atoms. The Morgan fingerprint density at radius 1 is 1.38 bits per heavy atom. The quantitative estimate of drug-likeness (QED) is 0.799. The molecule has 1 heterocycles. The van der Waals surface area contributed by atoms with Gasteiger partial charge in [-0.25, -0.2) is 4.79 Å². The van der Waals surface area contributed by atoms with Gasteiger partial charge in [-0.2, -0.15) is 5.10 Å². The van der Waals surface area contributed by atoms with Crippen LogP contribution < -0.4 is 5.32 Å². The molecule has 26 heavy (non-hydrogen) atoms. The standard InChI is InChI=1S/C20H25N3O3/c1-23-13-14(12-21-23)9-10-19(24)22-18(20(25)26)11-16-7-4-6-15-5-2-3-8-17(15)16/h2-3,5,8,12-13,16,18H,4,6-7,9-11H2,1H3,(H,22,24)(H,25,26). The van der Waals surface area contributed by atoms with Gasteiger partial charge in [-0.15, -0.1) is 0 Å². The lowest BCUT2D eigenvalue weighted by atomic mass is 9.79. The average Bonchev–Trinajstić information content (AvgIpc) is 3.05. The normalized spacial score (nSPS) is 17.3. The molecule has 1 aliphatic rings. The second kappa shape index (κ2) is 8.17. The van der Waals surface area contributed by atoms with Crippen molar-refractivity contribution in [2.75, 3.05) is 0 Å². The van der Waals surface area contributed by atoms with Crippen molar-refractivity contribution in [2.45, 2.75) is 50.5 Å². The van der Waals surface area contributed by atoms with Gasteiger partial charge in [-0.1, -0.05) is 24.3 Å². The van der Waals surface area contributed by atoms with Crippen LogP contribution in [0.2, 0.25) is 0 Å². The van der Waals surface area contributed by atoms with Gasteiger partial charge in [0.05, 0.1) is 6.20 Å². The van der Waals surface area contributed by atoms with Crippen LogP contribution >= 0.6 is 0 Å². The van der Waals surface area contributed by atoms with Crippen LogP contribution in [0.5, 0.6) is 0 Å². The molecule has 0 bridgehead atoms. The number of carbonyl (C=O) groups is 2. The van der Waals surface area contributed by atoms with Gasteiger partial charge in [0.1, 0.15) is 6.04 Å². The number of nitrogens with zero attached hydrogens (tertiary/aromatic N) is 2. The van der Waals surface area contributed by atoms with Crippen molar-refractivity contribution < 1.29 is 14.7 Å². The zero-order valence-corrected chi connectivity index (χ0v) is 15.0. The molecule has 1 aromatic carbocycles. The van der Waals surface area contributed by atoms with Crippen molar-refractivity contribution in [2.24, 2.45) is 7.05 Å². The molecule has 0 radical (unpaired) electrons. The fourth-order valence-corrected chi connectivity index (χ4v) is 3.73. The maximum atomic E-state index is 12.2. The van der Waals surface area contributed by atoms with Crippen LogP contribution in [-0.4, -0.2) is 32.8 Å². The molecule has 2 atom stereocenters. The minimum atomic E-state index is -0.970. The van der Waals surface area contributed by atoms with E-state index in [4.69, 9.17) is 0 Å². The van der Waals surface area contributed by atoms with E-state index in [1.807, 2.05) is 25.4 Å². The van der Waals surface area contributed by atoms with Crippen molar-refractivity contribution >= 4 is 11.9 Å². The van der Waals surface area contributed by atoms with Crippen molar-refractivity contribution in [3.05, 3.63) is 53.3 Å². The molecule has 6 heteroatoms. The summed E-state index contributed by atoms with van der Waals surface area (Å²) in [4.78, 5) is 23.9. The Balaban J connectivity index is 1.59. The number of aryl methyl sites for hydroxylation is 3. The number of hydrogen-bond donors (Lipinski definition) is 2. The Kier molecular flexibility index (Phi) is 5.71. The second-order valence-electron chi connectivity index (χ2n) is 7.00. The Morgan fingerprint density at radius 2 is 2.19 bits per heavy atom. The largest absolute Gasteiger partial charge is 0.480 e. The van der Waals surface area contributed by atoms with Gasteiger partial charge in [-0.05, 0) is 54.7 Å². The highest BCUT2D eigenvalue weighted by Crippen LogP contribution is 2.34. The Bertz CT molecular complexity index is 784.